The SMILES string of the molecule is C=C(C)C(CC)CC[C@@H](C)[C@H]1CC[C@H]2[C@@H]3CC(O)C4=CC(=O)CC[C@]4(C)[C@H]3CC[C@]12C. The van der Waals surface area contributed by atoms with Crippen LogP contribution in [0, 0.1) is 46.3 Å². The van der Waals surface area contributed by atoms with Gasteiger partial charge in [-0.2, -0.15) is 0 Å². The van der Waals surface area contributed by atoms with E-state index in [1.807, 2.05) is 6.08 Å². The lowest BCUT2D eigenvalue weighted by Gasteiger charge is -2.59. The van der Waals surface area contributed by atoms with Crippen LogP contribution in [0.1, 0.15) is 98.8 Å². The van der Waals surface area contributed by atoms with Crippen molar-refractivity contribution in [2.75, 3.05) is 0 Å². The summed E-state index contributed by atoms with van der Waals surface area (Å²) >= 11 is 0. The highest BCUT2D eigenvalue weighted by Gasteiger charge is 2.60. The highest BCUT2D eigenvalue weighted by atomic mass is 16.3. The van der Waals surface area contributed by atoms with Crippen molar-refractivity contribution >= 4 is 5.78 Å². The number of fused-ring (bicyclic) bond motifs is 5. The van der Waals surface area contributed by atoms with E-state index >= 15 is 0 Å². The van der Waals surface area contributed by atoms with Crippen LogP contribution in [-0.4, -0.2) is 17.0 Å². The first-order chi connectivity index (χ1) is 14.6. The zero-order valence-corrected chi connectivity index (χ0v) is 20.8. The van der Waals surface area contributed by atoms with Crippen LogP contribution in [0.5, 0.6) is 0 Å². The van der Waals surface area contributed by atoms with Crippen molar-refractivity contribution in [1.82, 2.24) is 0 Å². The largest absolute Gasteiger partial charge is 0.389 e. The fourth-order valence-electron chi connectivity index (χ4n) is 9.05. The third kappa shape index (κ3) is 3.79. The molecule has 3 saturated carbocycles. The third-order valence-corrected chi connectivity index (χ3v) is 10.9. The Morgan fingerprint density at radius 3 is 2.61 bits per heavy atom. The molecule has 0 bridgehead atoms. The van der Waals surface area contributed by atoms with Gasteiger partial charge in [0, 0.05) is 6.42 Å². The van der Waals surface area contributed by atoms with Gasteiger partial charge in [-0.05, 0) is 123 Å². The molecule has 174 valence electrons. The van der Waals surface area contributed by atoms with Crippen molar-refractivity contribution in [3.63, 3.8) is 0 Å². The van der Waals surface area contributed by atoms with Gasteiger partial charge in [0.1, 0.15) is 0 Å². The van der Waals surface area contributed by atoms with Gasteiger partial charge in [-0.3, -0.25) is 4.79 Å². The summed E-state index contributed by atoms with van der Waals surface area (Å²) in [5, 5.41) is 11.1. The first-order valence-electron chi connectivity index (χ1n) is 13.2. The number of allylic oxidation sites excluding steroid dienone is 1. The van der Waals surface area contributed by atoms with Crippen LogP contribution in [0.3, 0.4) is 0 Å². The standard InChI is InChI=1S/C29H46O2/c1-7-20(18(2)3)9-8-19(4)23-10-11-24-22-17-27(31)26-16-21(30)12-14-29(26,6)25(22)13-15-28(23,24)5/h16,19-20,22-25,27,31H,2,7-15,17H2,1,3-6H3/t19-,20?,22+,23-,24+,25+,27?,28-,29-/m1/s1. The zero-order chi connectivity index (χ0) is 22.6. The second-order valence-electron chi connectivity index (χ2n) is 12.3. The minimum Gasteiger partial charge on any atom is -0.389 e. The maximum atomic E-state index is 12.1. The Bertz CT molecular complexity index is 750. The smallest absolute Gasteiger partial charge is 0.155 e. The monoisotopic (exact) mass is 426 g/mol. The number of carbonyl (C=O) groups is 1. The molecule has 0 heterocycles. The molecule has 0 amide bonds. The molecule has 0 aromatic heterocycles. The molecule has 0 saturated heterocycles. The molecule has 4 rings (SSSR count). The van der Waals surface area contributed by atoms with Gasteiger partial charge in [-0.15, -0.1) is 0 Å². The molecular formula is C29H46O2. The van der Waals surface area contributed by atoms with Crippen molar-refractivity contribution in [3.05, 3.63) is 23.8 Å². The van der Waals surface area contributed by atoms with E-state index in [0.717, 1.165) is 36.2 Å². The normalized spacial score (nSPS) is 44.0. The van der Waals surface area contributed by atoms with Crippen molar-refractivity contribution in [1.29, 1.82) is 0 Å². The summed E-state index contributed by atoms with van der Waals surface area (Å²) in [5.41, 5.74) is 2.89. The summed E-state index contributed by atoms with van der Waals surface area (Å²) in [6.45, 7) is 16.2. The van der Waals surface area contributed by atoms with Gasteiger partial charge in [0.05, 0.1) is 6.10 Å². The summed E-state index contributed by atoms with van der Waals surface area (Å²) in [7, 11) is 0. The summed E-state index contributed by atoms with van der Waals surface area (Å²) in [5.74, 6) is 4.50. The van der Waals surface area contributed by atoms with E-state index in [4.69, 9.17) is 0 Å². The van der Waals surface area contributed by atoms with Crippen LogP contribution < -0.4 is 0 Å². The fraction of sp³-hybridized carbons (Fsp3) is 0.828. The second-order valence-corrected chi connectivity index (χ2v) is 12.3. The number of aliphatic hydroxyl groups is 1. The minimum atomic E-state index is -0.407. The van der Waals surface area contributed by atoms with Crippen LogP contribution in [0.4, 0.5) is 0 Å². The van der Waals surface area contributed by atoms with Crippen LogP contribution in [0.15, 0.2) is 23.8 Å². The van der Waals surface area contributed by atoms with Crippen molar-refractivity contribution in [3.8, 4) is 0 Å². The van der Waals surface area contributed by atoms with E-state index in [9.17, 15) is 9.90 Å². The predicted molar refractivity (Wildman–Crippen MR) is 129 cm³/mol. The molecule has 2 nitrogen and oxygen atoms in total. The van der Waals surface area contributed by atoms with E-state index in [2.05, 4.69) is 41.2 Å². The number of rotatable bonds is 6. The van der Waals surface area contributed by atoms with Crippen LogP contribution in [0.25, 0.3) is 0 Å². The van der Waals surface area contributed by atoms with Crippen molar-refractivity contribution in [2.24, 2.45) is 46.3 Å². The lowest BCUT2D eigenvalue weighted by atomic mass is 9.46. The summed E-state index contributed by atoms with van der Waals surface area (Å²) in [4.78, 5) is 12.1. The maximum Gasteiger partial charge on any atom is 0.155 e. The molecular weight excluding hydrogens is 380 g/mol. The van der Waals surface area contributed by atoms with E-state index in [1.54, 1.807) is 0 Å². The van der Waals surface area contributed by atoms with Gasteiger partial charge < -0.3 is 5.11 Å². The molecule has 31 heavy (non-hydrogen) atoms. The van der Waals surface area contributed by atoms with E-state index < -0.39 is 6.10 Å². The van der Waals surface area contributed by atoms with E-state index in [0.29, 0.717) is 29.6 Å². The van der Waals surface area contributed by atoms with Gasteiger partial charge in [0.15, 0.2) is 5.78 Å². The molecule has 4 aliphatic carbocycles. The molecule has 4 aliphatic rings. The molecule has 9 atom stereocenters. The molecule has 0 aromatic rings. The molecule has 0 radical (unpaired) electrons. The Kier molecular flexibility index (Phi) is 6.36. The minimum absolute atomic E-state index is 0.0388. The predicted octanol–water partition coefficient (Wildman–Crippen LogP) is 7.12. The Morgan fingerprint density at radius 2 is 1.94 bits per heavy atom. The number of ketones is 1. The van der Waals surface area contributed by atoms with Crippen LogP contribution >= 0.6 is 0 Å². The summed E-state index contributed by atoms with van der Waals surface area (Å²) < 4.78 is 0. The van der Waals surface area contributed by atoms with E-state index in [1.165, 1.54) is 50.5 Å². The van der Waals surface area contributed by atoms with Gasteiger partial charge in [0.25, 0.3) is 0 Å². The molecule has 2 unspecified atom stereocenters. The van der Waals surface area contributed by atoms with Crippen LogP contribution in [0.2, 0.25) is 0 Å². The first-order valence-corrected chi connectivity index (χ1v) is 13.2. The van der Waals surface area contributed by atoms with Crippen molar-refractivity contribution < 1.29 is 9.90 Å². The van der Waals surface area contributed by atoms with Gasteiger partial charge in [0.2, 0.25) is 0 Å². The summed E-state index contributed by atoms with van der Waals surface area (Å²) in [6, 6.07) is 0. The average Bonchev–Trinajstić information content (AvgIpc) is 3.07. The fourth-order valence-corrected chi connectivity index (χ4v) is 9.05. The third-order valence-electron chi connectivity index (χ3n) is 10.9. The second kappa shape index (κ2) is 8.47. The Labute approximate surface area is 191 Å². The molecule has 0 aliphatic heterocycles. The topological polar surface area (TPSA) is 37.3 Å². The molecule has 0 aromatic carbocycles. The number of hydrogen-bond donors (Lipinski definition) is 1. The maximum absolute atomic E-state index is 12.1. The molecule has 3 fully saturated rings. The van der Waals surface area contributed by atoms with Crippen LogP contribution in [-0.2, 0) is 4.79 Å². The lowest BCUT2D eigenvalue weighted by Crippen LogP contribution is -2.54. The van der Waals surface area contributed by atoms with Crippen molar-refractivity contribution in [2.45, 2.75) is 105 Å². The Balaban J connectivity index is 1.51. The first kappa shape index (κ1) is 23.3. The summed E-state index contributed by atoms with van der Waals surface area (Å²) in [6.07, 6.45) is 13.0. The van der Waals surface area contributed by atoms with Gasteiger partial charge in [-0.25, -0.2) is 0 Å². The number of aliphatic hydroxyl groups excluding tert-OH is 1. The Morgan fingerprint density at radius 1 is 1.19 bits per heavy atom. The average molecular weight is 427 g/mol. The molecule has 2 heteroatoms. The highest BCUT2D eigenvalue weighted by Crippen LogP contribution is 2.67. The Hall–Kier alpha value is -0.890. The number of hydrogen-bond acceptors (Lipinski definition) is 2. The highest BCUT2D eigenvalue weighted by molar-refractivity contribution is 5.91. The van der Waals surface area contributed by atoms with Gasteiger partial charge in [-0.1, -0.05) is 39.8 Å². The molecule has 1 N–H and O–H groups in total. The number of carbonyl (C=O) groups excluding carboxylic acids is 1. The van der Waals surface area contributed by atoms with Gasteiger partial charge >= 0.3 is 0 Å². The molecule has 0 spiro atoms. The quantitative estimate of drug-likeness (QED) is 0.459. The lowest BCUT2D eigenvalue weighted by molar-refractivity contribution is -0.119. The zero-order valence-electron chi connectivity index (χ0n) is 20.8. The van der Waals surface area contributed by atoms with E-state index in [-0.39, 0.29) is 11.2 Å².